The van der Waals surface area contributed by atoms with Gasteiger partial charge in [0, 0.05) is 32.3 Å². The van der Waals surface area contributed by atoms with Gasteiger partial charge in [-0.2, -0.15) is 0 Å². The molecule has 3 heteroatoms. The molecule has 0 amide bonds. The van der Waals surface area contributed by atoms with Crippen LogP contribution < -0.4 is 5.43 Å². The minimum Gasteiger partial charge on any atom is -0.323 e. The first-order chi connectivity index (χ1) is 8.15. The molecular weight excluding hydrogens is 212 g/mol. The predicted octanol–water partition coefficient (Wildman–Crippen LogP) is 2.08. The summed E-state index contributed by atoms with van der Waals surface area (Å²) in [5, 5.41) is 1.87. The third-order valence-electron chi connectivity index (χ3n) is 2.89. The van der Waals surface area contributed by atoms with Crippen molar-refractivity contribution in [1.29, 1.82) is 0 Å². The van der Waals surface area contributed by atoms with Crippen molar-refractivity contribution < 1.29 is 4.79 Å². The molecular formula is C14H18N2O. The SMILES string of the molecule is CN(C)NC1=CC(=O)CC(c2ccccc2)C1. The summed E-state index contributed by atoms with van der Waals surface area (Å²) in [5.74, 6) is 0.505. The molecule has 0 saturated carbocycles. The van der Waals surface area contributed by atoms with Crippen molar-refractivity contribution >= 4 is 5.78 Å². The zero-order valence-corrected chi connectivity index (χ0v) is 10.3. The Morgan fingerprint density at radius 3 is 2.53 bits per heavy atom. The number of hydrogen-bond acceptors (Lipinski definition) is 3. The molecule has 0 bridgehead atoms. The van der Waals surface area contributed by atoms with E-state index in [0.29, 0.717) is 12.3 Å². The Morgan fingerprint density at radius 2 is 1.88 bits per heavy atom. The van der Waals surface area contributed by atoms with E-state index in [9.17, 15) is 4.79 Å². The van der Waals surface area contributed by atoms with E-state index in [1.165, 1.54) is 5.56 Å². The average Bonchev–Trinajstić information content (AvgIpc) is 2.28. The van der Waals surface area contributed by atoms with E-state index in [0.717, 1.165) is 12.1 Å². The van der Waals surface area contributed by atoms with Gasteiger partial charge in [0.05, 0.1) is 0 Å². The number of ketones is 1. The van der Waals surface area contributed by atoms with Crippen LogP contribution in [0.25, 0.3) is 0 Å². The normalized spacial score (nSPS) is 20.3. The molecule has 3 nitrogen and oxygen atoms in total. The molecule has 2 rings (SSSR count). The molecule has 1 atom stereocenters. The molecule has 0 saturated heterocycles. The standard InChI is InChI=1S/C14H18N2O/c1-16(2)15-13-8-12(9-14(17)10-13)11-6-4-3-5-7-11/h3-7,10,12,15H,8-9H2,1-2H3. The van der Waals surface area contributed by atoms with Crippen molar-refractivity contribution in [3.63, 3.8) is 0 Å². The number of nitrogens with zero attached hydrogens (tertiary/aromatic N) is 1. The highest BCUT2D eigenvalue weighted by molar-refractivity contribution is 5.91. The smallest absolute Gasteiger partial charge is 0.158 e. The van der Waals surface area contributed by atoms with Gasteiger partial charge in [-0.25, -0.2) is 5.01 Å². The van der Waals surface area contributed by atoms with Crippen LogP contribution in [0, 0.1) is 0 Å². The van der Waals surface area contributed by atoms with Crippen LogP contribution in [0.5, 0.6) is 0 Å². The highest BCUT2D eigenvalue weighted by atomic mass is 16.1. The lowest BCUT2D eigenvalue weighted by molar-refractivity contribution is -0.115. The van der Waals surface area contributed by atoms with Gasteiger partial charge in [-0.05, 0) is 17.9 Å². The first-order valence-corrected chi connectivity index (χ1v) is 5.87. The fourth-order valence-corrected chi connectivity index (χ4v) is 2.22. The third-order valence-corrected chi connectivity index (χ3v) is 2.89. The van der Waals surface area contributed by atoms with Crippen molar-refractivity contribution in [3.05, 3.63) is 47.7 Å². The van der Waals surface area contributed by atoms with Crippen LogP contribution in [0.15, 0.2) is 42.1 Å². The molecule has 90 valence electrons. The summed E-state index contributed by atoms with van der Waals surface area (Å²) >= 11 is 0. The van der Waals surface area contributed by atoms with Crippen LogP contribution in [-0.2, 0) is 4.79 Å². The molecule has 0 spiro atoms. The first-order valence-electron chi connectivity index (χ1n) is 5.87. The molecule has 1 aromatic rings. The number of carbonyl (C=O) groups is 1. The molecule has 0 radical (unpaired) electrons. The summed E-state index contributed by atoms with van der Waals surface area (Å²) in [6.07, 6.45) is 3.23. The number of hydrazine groups is 1. The van der Waals surface area contributed by atoms with Crippen molar-refractivity contribution in [2.45, 2.75) is 18.8 Å². The van der Waals surface area contributed by atoms with Crippen molar-refractivity contribution in [2.24, 2.45) is 0 Å². The molecule has 1 aliphatic carbocycles. The van der Waals surface area contributed by atoms with Gasteiger partial charge >= 0.3 is 0 Å². The Hall–Kier alpha value is -1.61. The zero-order valence-electron chi connectivity index (χ0n) is 10.3. The molecule has 0 aromatic heterocycles. The molecule has 17 heavy (non-hydrogen) atoms. The number of benzene rings is 1. The molecule has 1 unspecified atom stereocenters. The summed E-state index contributed by atoms with van der Waals surface area (Å²) in [4.78, 5) is 11.7. The largest absolute Gasteiger partial charge is 0.323 e. The Kier molecular flexibility index (Phi) is 3.59. The summed E-state index contributed by atoms with van der Waals surface area (Å²) < 4.78 is 0. The highest BCUT2D eigenvalue weighted by Crippen LogP contribution is 2.30. The van der Waals surface area contributed by atoms with Gasteiger partial charge in [-0.1, -0.05) is 30.3 Å². The van der Waals surface area contributed by atoms with E-state index in [2.05, 4.69) is 17.6 Å². The number of hydrogen-bond donors (Lipinski definition) is 1. The van der Waals surface area contributed by atoms with Gasteiger partial charge in [0.25, 0.3) is 0 Å². The number of carbonyl (C=O) groups excluding carboxylic acids is 1. The molecule has 1 N–H and O–H groups in total. The number of allylic oxidation sites excluding steroid dienone is 2. The fraction of sp³-hybridized carbons (Fsp3) is 0.357. The molecule has 0 heterocycles. The van der Waals surface area contributed by atoms with Crippen LogP contribution in [0.1, 0.15) is 24.3 Å². The van der Waals surface area contributed by atoms with E-state index in [-0.39, 0.29) is 5.78 Å². The van der Waals surface area contributed by atoms with Gasteiger partial charge < -0.3 is 5.43 Å². The maximum Gasteiger partial charge on any atom is 0.158 e. The Morgan fingerprint density at radius 1 is 1.18 bits per heavy atom. The van der Waals surface area contributed by atoms with Crippen molar-refractivity contribution in [3.8, 4) is 0 Å². The van der Waals surface area contributed by atoms with Crippen LogP contribution in [0.2, 0.25) is 0 Å². The summed E-state index contributed by atoms with van der Waals surface area (Å²) in [6.45, 7) is 0. The minimum absolute atomic E-state index is 0.203. The highest BCUT2D eigenvalue weighted by Gasteiger charge is 2.22. The lowest BCUT2D eigenvalue weighted by Gasteiger charge is -2.25. The van der Waals surface area contributed by atoms with Gasteiger partial charge in [-0.15, -0.1) is 0 Å². The lowest BCUT2D eigenvalue weighted by atomic mass is 9.86. The Bertz CT molecular complexity index is 423. The van der Waals surface area contributed by atoms with Crippen LogP contribution in [0.4, 0.5) is 0 Å². The topological polar surface area (TPSA) is 32.3 Å². The van der Waals surface area contributed by atoms with Crippen LogP contribution in [-0.4, -0.2) is 24.9 Å². The van der Waals surface area contributed by atoms with Gasteiger partial charge in [-0.3, -0.25) is 4.79 Å². The number of rotatable bonds is 3. The summed E-state index contributed by atoms with van der Waals surface area (Å²) in [7, 11) is 3.86. The predicted molar refractivity (Wildman–Crippen MR) is 68.3 cm³/mol. The minimum atomic E-state index is 0.203. The summed E-state index contributed by atoms with van der Waals surface area (Å²) in [5.41, 5.74) is 5.43. The van der Waals surface area contributed by atoms with Gasteiger partial charge in [0.15, 0.2) is 5.78 Å². The maximum absolute atomic E-state index is 11.7. The Balaban J connectivity index is 2.13. The number of nitrogens with one attached hydrogen (secondary N) is 1. The third kappa shape index (κ3) is 3.17. The Labute approximate surface area is 102 Å². The second kappa shape index (κ2) is 5.15. The van der Waals surface area contributed by atoms with E-state index >= 15 is 0 Å². The van der Waals surface area contributed by atoms with Gasteiger partial charge in [0.1, 0.15) is 0 Å². The fourth-order valence-electron chi connectivity index (χ4n) is 2.22. The van der Waals surface area contributed by atoms with E-state index in [1.54, 1.807) is 6.08 Å². The lowest BCUT2D eigenvalue weighted by Crippen LogP contribution is -2.32. The molecule has 1 aromatic carbocycles. The van der Waals surface area contributed by atoms with Crippen LogP contribution >= 0.6 is 0 Å². The molecule has 0 aliphatic heterocycles. The second-order valence-corrected chi connectivity index (χ2v) is 4.66. The zero-order chi connectivity index (χ0) is 12.3. The summed E-state index contributed by atoms with van der Waals surface area (Å²) in [6, 6.07) is 10.2. The quantitative estimate of drug-likeness (QED) is 0.807. The average molecular weight is 230 g/mol. The molecule has 0 fully saturated rings. The first kappa shape index (κ1) is 11.9. The van der Waals surface area contributed by atoms with E-state index in [1.807, 2.05) is 37.3 Å². The van der Waals surface area contributed by atoms with E-state index < -0.39 is 0 Å². The van der Waals surface area contributed by atoms with E-state index in [4.69, 9.17) is 0 Å². The molecule has 1 aliphatic rings. The van der Waals surface area contributed by atoms with Crippen molar-refractivity contribution in [2.75, 3.05) is 14.1 Å². The van der Waals surface area contributed by atoms with Gasteiger partial charge in [0.2, 0.25) is 0 Å². The van der Waals surface area contributed by atoms with Crippen molar-refractivity contribution in [1.82, 2.24) is 10.4 Å². The van der Waals surface area contributed by atoms with Crippen LogP contribution in [0.3, 0.4) is 0 Å². The second-order valence-electron chi connectivity index (χ2n) is 4.66. The monoisotopic (exact) mass is 230 g/mol. The maximum atomic E-state index is 11.7.